The van der Waals surface area contributed by atoms with Crippen LogP contribution in [0.3, 0.4) is 0 Å². The summed E-state index contributed by atoms with van der Waals surface area (Å²) in [5, 5.41) is 0. The Morgan fingerprint density at radius 1 is 1.44 bits per heavy atom. The Hall–Kier alpha value is -0.470. The van der Waals surface area contributed by atoms with Crippen LogP contribution in [0.4, 0.5) is 11.5 Å². The summed E-state index contributed by atoms with van der Waals surface area (Å²) in [5.74, 6) is 1.52. The largest absolute Gasteiger partial charge is 0.382 e. The van der Waals surface area contributed by atoms with Crippen molar-refractivity contribution in [3.8, 4) is 0 Å². The molecule has 1 unspecified atom stereocenters. The van der Waals surface area contributed by atoms with Gasteiger partial charge in [-0.25, -0.2) is 4.98 Å². The Morgan fingerprint density at radius 3 is 2.83 bits per heavy atom. The van der Waals surface area contributed by atoms with E-state index >= 15 is 0 Å². The second-order valence-electron chi connectivity index (χ2n) is 3.99. The Morgan fingerprint density at radius 2 is 2.22 bits per heavy atom. The van der Waals surface area contributed by atoms with Gasteiger partial charge in [-0.1, -0.05) is 13.8 Å². The van der Waals surface area contributed by atoms with Gasteiger partial charge in [-0.15, -0.1) is 0 Å². The fraction of sp³-hybridized carbons (Fsp3) is 0.615. The Bertz CT molecular complexity index is 354. The van der Waals surface area contributed by atoms with E-state index in [1.54, 1.807) is 0 Å². The van der Waals surface area contributed by atoms with Gasteiger partial charge in [0.05, 0.1) is 5.69 Å². The molecule has 2 rings (SSSR count). The van der Waals surface area contributed by atoms with Gasteiger partial charge in [0, 0.05) is 12.7 Å². The van der Waals surface area contributed by atoms with Crippen molar-refractivity contribution in [3.05, 3.63) is 17.8 Å². The zero-order valence-corrected chi connectivity index (χ0v) is 13.2. The number of nitrogens with zero attached hydrogens (tertiary/aromatic N) is 2. The van der Waals surface area contributed by atoms with Crippen molar-refractivity contribution in [1.29, 1.82) is 0 Å². The third-order valence-electron chi connectivity index (χ3n) is 2.76. The van der Waals surface area contributed by atoms with Gasteiger partial charge in [0.15, 0.2) is 0 Å². The van der Waals surface area contributed by atoms with Crippen molar-refractivity contribution in [2.24, 2.45) is 0 Å². The van der Waals surface area contributed by atoms with E-state index in [2.05, 4.69) is 28.3 Å². The van der Waals surface area contributed by atoms with E-state index in [1.165, 1.54) is 24.6 Å². The molecule has 1 atom stereocenters. The fourth-order valence-electron chi connectivity index (χ4n) is 1.88. The number of pyridine rings is 1. The van der Waals surface area contributed by atoms with Crippen LogP contribution >= 0.6 is 21.4 Å². The molecular weight excluding hydrogens is 261 g/mol. The minimum Gasteiger partial charge on any atom is -0.382 e. The Kier molecular flexibility index (Phi) is 7.45. The van der Waals surface area contributed by atoms with Crippen molar-refractivity contribution in [2.45, 2.75) is 33.1 Å². The molecule has 1 fully saturated rings. The van der Waals surface area contributed by atoms with Crippen molar-refractivity contribution < 1.29 is 0 Å². The van der Waals surface area contributed by atoms with Crippen molar-refractivity contribution >= 4 is 32.9 Å². The highest BCUT2D eigenvalue weighted by Crippen LogP contribution is 2.35. The van der Waals surface area contributed by atoms with Gasteiger partial charge in [0.25, 0.3) is 0 Å². The number of anilines is 2. The van der Waals surface area contributed by atoms with E-state index in [9.17, 15) is 0 Å². The van der Waals surface area contributed by atoms with Gasteiger partial charge >= 0.3 is 0 Å². The zero-order valence-electron chi connectivity index (χ0n) is 11.3. The molecule has 0 bridgehead atoms. The fourth-order valence-corrected chi connectivity index (χ4v) is 3.48. The van der Waals surface area contributed by atoms with E-state index in [1.807, 2.05) is 20.0 Å². The molecule has 1 aliphatic heterocycles. The molecule has 1 aromatic heterocycles. The predicted molar refractivity (Wildman–Crippen MR) is 87.3 cm³/mol. The molecule has 1 saturated heterocycles. The summed E-state index contributed by atoms with van der Waals surface area (Å²) >= 11 is 4.25. The van der Waals surface area contributed by atoms with Crippen LogP contribution in [0.5, 0.6) is 0 Å². The summed E-state index contributed by atoms with van der Waals surface area (Å²) < 4.78 is 2.38. The third-order valence-corrected chi connectivity index (χ3v) is 4.40. The molecule has 0 amide bonds. The maximum Gasteiger partial charge on any atom is 0.147 e. The number of nitrogen functional groups attached to an aromatic ring is 1. The van der Waals surface area contributed by atoms with Gasteiger partial charge in [0.1, 0.15) is 5.82 Å². The summed E-state index contributed by atoms with van der Waals surface area (Å²) in [6.45, 7) is 5.12. The van der Waals surface area contributed by atoms with E-state index < -0.39 is 0 Å². The second-order valence-corrected chi connectivity index (χ2v) is 5.79. The van der Waals surface area contributed by atoms with Crippen LogP contribution in [0.2, 0.25) is 0 Å². The summed E-state index contributed by atoms with van der Waals surface area (Å²) in [6.07, 6.45) is 6.72. The molecule has 0 saturated carbocycles. The maximum atomic E-state index is 5.95. The maximum absolute atomic E-state index is 5.95. The molecule has 0 radical (unpaired) electrons. The van der Waals surface area contributed by atoms with E-state index in [4.69, 9.17) is 5.73 Å². The summed E-state index contributed by atoms with van der Waals surface area (Å²) in [6, 6.07) is 2.18. The highest BCUT2D eigenvalue weighted by atomic mass is 32.1. The number of nitrogens with two attached hydrogens (primary N) is 1. The SMILES string of the molecule is CC.Nc1ncc(CCS)cc1N1CCCCP1. The first kappa shape index (κ1) is 15.6. The highest BCUT2D eigenvalue weighted by Gasteiger charge is 2.14. The number of hydrogen-bond donors (Lipinski definition) is 2. The average Bonchev–Trinajstić information content (AvgIpc) is 2.44. The predicted octanol–water partition coefficient (Wildman–Crippen LogP) is 3.36. The smallest absolute Gasteiger partial charge is 0.147 e. The van der Waals surface area contributed by atoms with E-state index in [0.717, 1.165) is 33.1 Å². The first-order valence-corrected chi connectivity index (χ1v) is 8.46. The molecular formula is C13H24N3PS. The molecule has 2 N–H and O–H groups in total. The lowest BCUT2D eigenvalue weighted by Gasteiger charge is -2.29. The normalized spacial score (nSPS) is 16.3. The lowest BCUT2D eigenvalue weighted by molar-refractivity contribution is 0.784. The molecule has 1 aliphatic rings. The van der Waals surface area contributed by atoms with Crippen molar-refractivity contribution in [2.75, 3.05) is 28.9 Å². The molecule has 3 nitrogen and oxygen atoms in total. The Labute approximate surface area is 118 Å². The minimum absolute atomic E-state index is 0.664. The first-order valence-electron chi connectivity index (χ1n) is 6.67. The number of aromatic nitrogens is 1. The molecule has 1 aromatic rings. The summed E-state index contributed by atoms with van der Waals surface area (Å²) in [4.78, 5) is 4.28. The standard InChI is InChI=1S/C11H18N3PS.C2H6/c12-11-10(14-4-1-2-5-15-14)7-9(3-6-16)8-13-11;1-2/h7-8,15-16H,1-6H2,(H2,12,13);1-2H3. The lowest BCUT2D eigenvalue weighted by atomic mass is 10.2. The van der Waals surface area contributed by atoms with Crippen LogP contribution < -0.4 is 10.4 Å². The van der Waals surface area contributed by atoms with Gasteiger partial charge in [-0.05, 0) is 51.5 Å². The summed E-state index contributed by atoms with van der Waals surface area (Å²) in [5.41, 5.74) is 8.30. The first-order chi connectivity index (χ1) is 8.81. The van der Waals surface area contributed by atoms with Crippen molar-refractivity contribution in [1.82, 2.24) is 4.98 Å². The van der Waals surface area contributed by atoms with Crippen molar-refractivity contribution in [3.63, 3.8) is 0 Å². The third kappa shape index (κ3) is 4.33. The molecule has 102 valence electrons. The van der Waals surface area contributed by atoms with Gasteiger partial charge in [-0.3, -0.25) is 0 Å². The summed E-state index contributed by atoms with van der Waals surface area (Å²) in [7, 11) is 0.859. The van der Waals surface area contributed by atoms with Crippen LogP contribution in [-0.2, 0) is 6.42 Å². The quantitative estimate of drug-likeness (QED) is 0.661. The molecule has 5 heteroatoms. The van der Waals surface area contributed by atoms with Crippen LogP contribution in [0.1, 0.15) is 32.3 Å². The van der Waals surface area contributed by atoms with Crippen LogP contribution in [0, 0.1) is 0 Å². The van der Waals surface area contributed by atoms with Gasteiger partial charge in [0.2, 0.25) is 0 Å². The van der Waals surface area contributed by atoms with E-state index in [0.29, 0.717) is 5.82 Å². The molecule has 0 spiro atoms. The lowest BCUT2D eigenvalue weighted by Crippen LogP contribution is -2.21. The highest BCUT2D eigenvalue weighted by molar-refractivity contribution is 7.80. The van der Waals surface area contributed by atoms with Gasteiger partial charge in [-0.2, -0.15) is 12.6 Å². The molecule has 2 heterocycles. The van der Waals surface area contributed by atoms with Crippen LogP contribution in [-0.4, -0.2) is 23.4 Å². The number of rotatable bonds is 3. The minimum atomic E-state index is 0.664. The van der Waals surface area contributed by atoms with Crippen LogP contribution in [0.15, 0.2) is 12.3 Å². The number of hydrogen-bond acceptors (Lipinski definition) is 4. The number of thiol groups is 1. The second kappa shape index (κ2) is 8.60. The molecule has 18 heavy (non-hydrogen) atoms. The van der Waals surface area contributed by atoms with E-state index in [-0.39, 0.29) is 0 Å². The Balaban J connectivity index is 0.000000771. The van der Waals surface area contributed by atoms with Gasteiger partial charge < -0.3 is 10.4 Å². The van der Waals surface area contributed by atoms with Crippen LogP contribution in [0.25, 0.3) is 0 Å². The monoisotopic (exact) mass is 285 g/mol. The molecule has 0 aromatic carbocycles. The topological polar surface area (TPSA) is 42.1 Å². The average molecular weight is 285 g/mol. The molecule has 0 aliphatic carbocycles. The number of aryl methyl sites for hydroxylation is 1. The zero-order chi connectivity index (χ0) is 13.4.